The van der Waals surface area contributed by atoms with Crippen LogP contribution in [0.25, 0.3) is 0 Å². The zero-order valence-electron chi connectivity index (χ0n) is 9.28. The Morgan fingerprint density at radius 1 is 1.62 bits per heavy atom. The lowest BCUT2D eigenvalue weighted by Gasteiger charge is -2.17. The first-order chi connectivity index (χ1) is 7.50. The number of amides is 1. The van der Waals surface area contributed by atoms with Crippen LogP contribution in [0, 0.1) is 5.82 Å². The van der Waals surface area contributed by atoms with Gasteiger partial charge in [-0.1, -0.05) is 0 Å². The Balaban J connectivity index is 2.63. The van der Waals surface area contributed by atoms with E-state index in [2.05, 4.69) is 4.98 Å². The summed E-state index contributed by atoms with van der Waals surface area (Å²) in [5.74, 6) is -0.755. The molecule has 0 radical (unpaired) electrons. The number of halogens is 2. The van der Waals surface area contributed by atoms with Crippen molar-refractivity contribution in [2.75, 3.05) is 13.6 Å². The van der Waals surface area contributed by atoms with E-state index in [1.807, 2.05) is 6.92 Å². The maximum Gasteiger partial charge on any atom is 0.255 e. The Bertz CT molecular complexity index is 371. The Morgan fingerprint density at radius 2 is 2.31 bits per heavy atom. The van der Waals surface area contributed by atoms with Gasteiger partial charge in [0.2, 0.25) is 0 Å². The molecular weight excluding hydrogens is 231 g/mol. The van der Waals surface area contributed by atoms with Crippen LogP contribution in [-0.2, 0) is 0 Å². The molecule has 1 amide bonds. The normalized spacial score (nSPS) is 12.2. The molecule has 1 aromatic heterocycles. The van der Waals surface area contributed by atoms with E-state index in [-0.39, 0.29) is 16.8 Å². The van der Waals surface area contributed by atoms with Crippen LogP contribution in [0.15, 0.2) is 18.5 Å². The van der Waals surface area contributed by atoms with Gasteiger partial charge in [0.1, 0.15) is 5.82 Å². The van der Waals surface area contributed by atoms with Gasteiger partial charge >= 0.3 is 0 Å². The third kappa shape index (κ3) is 3.77. The fourth-order valence-electron chi connectivity index (χ4n) is 1.22. The van der Waals surface area contributed by atoms with Crippen molar-refractivity contribution in [3.8, 4) is 0 Å². The number of pyridine rings is 1. The van der Waals surface area contributed by atoms with Crippen LogP contribution in [0.4, 0.5) is 4.39 Å². The lowest BCUT2D eigenvalue weighted by Crippen LogP contribution is -2.29. The predicted octanol–water partition coefficient (Wildman–Crippen LogP) is 2.31. The summed E-state index contributed by atoms with van der Waals surface area (Å²) < 4.78 is 12.9. The largest absolute Gasteiger partial charge is 0.342 e. The molecule has 0 bridgehead atoms. The van der Waals surface area contributed by atoms with Gasteiger partial charge in [0.25, 0.3) is 5.91 Å². The van der Waals surface area contributed by atoms with Crippen LogP contribution < -0.4 is 0 Å². The monoisotopic (exact) mass is 244 g/mol. The SMILES string of the molecule is CC(Cl)CCN(C)C(=O)c1cncc(F)c1. The van der Waals surface area contributed by atoms with Gasteiger partial charge in [-0.15, -0.1) is 11.6 Å². The summed E-state index contributed by atoms with van der Waals surface area (Å²) in [5.41, 5.74) is 0.254. The van der Waals surface area contributed by atoms with E-state index in [4.69, 9.17) is 11.6 Å². The summed E-state index contributed by atoms with van der Waals surface area (Å²) in [4.78, 5) is 16.9. The molecular formula is C11H14ClFN2O. The molecule has 0 aromatic carbocycles. The minimum absolute atomic E-state index is 0.0147. The van der Waals surface area contributed by atoms with Gasteiger partial charge in [-0.05, 0) is 19.4 Å². The summed E-state index contributed by atoms with van der Waals surface area (Å²) in [5, 5.41) is 0.0147. The van der Waals surface area contributed by atoms with Crippen molar-refractivity contribution in [2.45, 2.75) is 18.7 Å². The third-order valence-corrected chi connectivity index (χ3v) is 2.38. The van der Waals surface area contributed by atoms with Gasteiger partial charge < -0.3 is 4.90 Å². The maximum atomic E-state index is 12.9. The first-order valence-corrected chi connectivity index (χ1v) is 5.44. The molecule has 88 valence electrons. The molecule has 0 aliphatic heterocycles. The average molecular weight is 245 g/mol. The molecule has 1 unspecified atom stereocenters. The Labute approximate surface area is 99.2 Å². The quantitative estimate of drug-likeness (QED) is 0.762. The fourth-order valence-corrected chi connectivity index (χ4v) is 1.32. The Kier molecular flexibility index (Phi) is 4.68. The third-order valence-electron chi connectivity index (χ3n) is 2.16. The minimum Gasteiger partial charge on any atom is -0.342 e. The Hall–Kier alpha value is -1.16. The lowest BCUT2D eigenvalue weighted by molar-refractivity contribution is 0.0792. The smallest absolute Gasteiger partial charge is 0.255 e. The van der Waals surface area contributed by atoms with E-state index < -0.39 is 5.82 Å². The predicted molar refractivity (Wildman–Crippen MR) is 61.1 cm³/mol. The zero-order valence-corrected chi connectivity index (χ0v) is 10.0. The van der Waals surface area contributed by atoms with Crippen molar-refractivity contribution >= 4 is 17.5 Å². The van der Waals surface area contributed by atoms with E-state index in [1.165, 1.54) is 17.2 Å². The second-order valence-electron chi connectivity index (χ2n) is 3.69. The molecule has 0 spiro atoms. The number of hydrogen-bond acceptors (Lipinski definition) is 2. The molecule has 16 heavy (non-hydrogen) atoms. The molecule has 5 heteroatoms. The van der Waals surface area contributed by atoms with Crippen molar-refractivity contribution in [3.63, 3.8) is 0 Å². The lowest BCUT2D eigenvalue weighted by atomic mass is 10.2. The summed E-state index contributed by atoms with van der Waals surface area (Å²) in [6, 6.07) is 1.18. The van der Waals surface area contributed by atoms with E-state index in [0.717, 1.165) is 6.20 Å². The van der Waals surface area contributed by atoms with Crippen LogP contribution in [0.5, 0.6) is 0 Å². The molecule has 0 aliphatic rings. The second kappa shape index (κ2) is 5.80. The number of carbonyl (C=O) groups excluding carboxylic acids is 1. The van der Waals surface area contributed by atoms with Gasteiger partial charge in [-0.3, -0.25) is 9.78 Å². The standard InChI is InChI=1S/C11H14ClFN2O/c1-8(12)3-4-15(2)11(16)9-5-10(13)7-14-6-9/h5-8H,3-4H2,1-2H3. The first kappa shape index (κ1) is 12.9. The number of hydrogen-bond donors (Lipinski definition) is 0. The molecule has 1 heterocycles. The summed E-state index contributed by atoms with van der Waals surface area (Å²) in [7, 11) is 1.66. The van der Waals surface area contributed by atoms with Gasteiger partial charge in [0.15, 0.2) is 0 Å². The summed E-state index contributed by atoms with van der Waals surface area (Å²) >= 11 is 5.79. The molecule has 0 aliphatic carbocycles. The number of carbonyl (C=O) groups is 1. The highest BCUT2D eigenvalue weighted by atomic mass is 35.5. The molecule has 1 rings (SSSR count). The number of rotatable bonds is 4. The van der Waals surface area contributed by atoms with Crippen LogP contribution in [-0.4, -0.2) is 34.8 Å². The van der Waals surface area contributed by atoms with Crippen molar-refractivity contribution in [2.24, 2.45) is 0 Å². The van der Waals surface area contributed by atoms with Crippen molar-refractivity contribution in [1.29, 1.82) is 0 Å². The van der Waals surface area contributed by atoms with Crippen LogP contribution in [0.2, 0.25) is 0 Å². The molecule has 0 saturated heterocycles. The summed E-state index contributed by atoms with van der Waals surface area (Å²) in [6.07, 6.45) is 3.12. The van der Waals surface area contributed by atoms with E-state index in [0.29, 0.717) is 13.0 Å². The molecule has 0 saturated carbocycles. The second-order valence-corrected chi connectivity index (χ2v) is 4.43. The van der Waals surface area contributed by atoms with E-state index in [9.17, 15) is 9.18 Å². The van der Waals surface area contributed by atoms with Gasteiger partial charge in [-0.2, -0.15) is 0 Å². The fraction of sp³-hybridized carbons (Fsp3) is 0.455. The van der Waals surface area contributed by atoms with Crippen LogP contribution in [0.1, 0.15) is 23.7 Å². The molecule has 0 fully saturated rings. The van der Waals surface area contributed by atoms with Crippen molar-refractivity contribution in [3.05, 3.63) is 29.8 Å². The highest BCUT2D eigenvalue weighted by Gasteiger charge is 2.13. The number of aromatic nitrogens is 1. The highest BCUT2D eigenvalue weighted by Crippen LogP contribution is 2.07. The maximum absolute atomic E-state index is 12.9. The minimum atomic E-state index is -0.509. The van der Waals surface area contributed by atoms with Crippen molar-refractivity contribution < 1.29 is 9.18 Å². The molecule has 1 aromatic rings. The topological polar surface area (TPSA) is 33.2 Å². The highest BCUT2D eigenvalue weighted by molar-refractivity contribution is 6.20. The van der Waals surface area contributed by atoms with Gasteiger partial charge in [-0.25, -0.2) is 4.39 Å². The van der Waals surface area contributed by atoms with Gasteiger partial charge in [0.05, 0.1) is 11.8 Å². The van der Waals surface area contributed by atoms with Crippen LogP contribution in [0.3, 0.4) is 0 Å². The molecule has 1 atom stereocenters. The summed E-state index contributed by atoms with van der Waals surface area (Å²) in [6.45, 7) is 2.41. The number of nitrogens with zero attached hydrogens (tertiary/aromatic N) is 2. The molecule has 3 nitrogen and oxygen atoms in total. The molecule has 0 N–H and O–H groups in total. The van der Waals surface area contributed by atoms with Crippen LogP contribution >= 0.6 is 11.6 Å². The van der Waals surface area contributed by atoms with E-state index in [1.54, 1.807) is 7.05 Å². The average Bonchev–Trinajstić information content (AvgIpc) is 2.24. The van der Waals surface area contributed by atoms with Crippen molar-refractivity contribution in [1.82, 2.24) is 9.88 Å². The van der Waals surface area contributed by atoms with Gasteiger partial charge in [0, 0.05) is 25.2 Å². The van der Waals surface area contributed by atoms with E-state index >= 15 is 0 Å². The number of alkyl halides is 1. The Morgan fingerprint density at radius 3 is 2.88 bits per heavy atom. The zero-order chi connectivity index (χ0) is 12.1. The first-order valence-electron chi connectivity index (χ1n) is 5.01.